The molecule has 0 N–H and O–H groups in total. The first-order chi connectivity index (χ1) is 7.27. The van der Waals surface area contributed by atoms with Crippen molar-refractivity contribution in [3.8, 4) is 0 Å². The van der Waals surface area contributed by atoms with E-state index in [9.17, 15) is 0 Å². The molecule has 1 aromatic carbocycles. The van der Waals surface area contributed by atoms with Gasteiger partial charge in [-0.2, -0.15) is 0 Å². The molecular weight excluding hydrogens is 200 g/mol. The molecule has 0 saturated heterocycles. The van der Waals surface area contributed by atoms with Gasteiger partial charge in [-0.05, 0) is 49.3 Å². The molecule has 15 heavy (non-hydrogen) atoms. The third-order valence-corrected chi connectivity index (χ3v) is 5.60. The van der Waals surface area contributed by atoms with Gasteiger partial charge in [-0.1, -0.05) is 25.0 Å². The Hall–Kier alpha value is -0.430. The summed E-state index contributed by atoms with van der Waals surface area (Å²) in [4.78, 5) is 1.62. The molecule has 1 aliphatic carbocycles. The van der Waals surface area contributed by atoms with Crippen LogP contribution in [-0.2, 0) is 0 Å². The minimum atomic E-state index is 0.874. The van der Waals surface area contributed by atoms with Gasteiger partial charge in [0.2, 0.25) is 0 Å². The summed E-state index contributed by atoms with van der Waals surface area (Å²) in [6.45, 7) is 4.55. The molecule has 1 aromatic rings. The predicted molar refractivity (Wildman–Crippen MR) is 66.8 cm³/mol. The van der Waals surface area contributed by atoms with E-state index >= 15 is 0 Å². The Kier molecular flexibility index (Phi) is 2.31. The molecule has 1 heteroatoms. The van der Waals surface area contributed by atoms with Gasteiger partial charge in [-0.3, -0.25) is 0 Å². The van der Waals surface area contributed by atoms with Crippen LogP contribution in [0.5, 0.6) is 0 Å². The molecule has 0 nitrogen and oxygen atoms in total. The Morgan fingerprint density at radius 3 is 2.67 bits per heavy atom. The van der Waals surface area contributed by atoms with E-state index in [1.807, 2.05) is 0 Å². The highest BCUT2D eigenvalue weighted by molar-refractivity contribution is 8.00. The second kappa shape index (κ2) is 3.55. The normalized spacial score (nSPS) is 28.7. The maximum Gasteiger partial charge on any atom is 0.0164 e. The average molecular weight is 218 g/mol. The number of aryl methyl sites for hydroxylation is 2. The Morgan fingerprint density at radius 1 is 1.07 bits per heavy atom. The van der Waals surface area contributed by atoms with Crippen molar-refractivity contribution in [3.05, 3.63) is 28.8 Å². The van der Waals surface area contributed by atoms with Crippen LogP contribution in [-0.4, -0.2) is 5.25 Å². The Labute approximate surface area is 96.5 Å². The number of rotatable bonds is 0. The van der Waals surface area contributed by atoms with E-state index in [1.165, 1.54) is 36.8 Å². The Balaban J connectivity index is 2.11. The lowest BCUT2D eigenvalue weighted by atomic mass is 9.82. The molecule has 1 fully saturated rings. The smallest absolute Gasteiger partial charge is 0.0164 e. The highest BCUT2D eigenvalue weighted by Crippen LogP contribution is 2.53. The van der Waals surface area contributed by atoms with Crippen LogP contribution in [0.3, 0.4) is 0 Å². The molecule has 1 aliphatic heterocycles. The molecule has 2 atom stereocenters. The number of hydrogen-bond acceptors (Lipinski definition) is 1. The summed E-state index contributed by atoms with van der Waals surface area (Å²) in [6, 6.07) is 4.60. The molecule has 2 aliphatic rings. The van der Waals surface area contributed by atoms with Crippen LogP contribution in [0.4, 0.5) is 0 Å². The number of hydrogen-bond donors (Lipinski definition) is 0. The molecular formula is C14H18S. The lowest BCUT2D eigenvalue weighted by Gasteiger charge is -2.25. The summed E-state index contributed by atoms with van der Waals surface area (Å²) < 4.78 is 0. The van der Waals surface area contributed by atoms with Crippen molar-refractivity contribution < 1.29 is 0 Å². The van der Waals surface area contributed by atoms with Crippen molar-refractivity contribution in [2.24, 2.45) is 0 Å². The summed E-state index contributed by atoms with van der Waals surface area (Å²) >= 11 is 2.16. The fourth-order valence-corrected chi connectivity index (χ4v) is 4.86. The van der Waals surface area contributed by atoms with Gasteiger partial charge in [-0.25, -0.2) is 0 Å². The first-order valence-corrected chi connectivity index (χ1v) is 6.92. The summed E-state index contributed by atoms with van der Waals surface area (Å²) in [7, 11) is 0. The molecule has 0 aromatic heterocycles. The number of benzene rings is 1. The molecule has 3 rings (SSSR count). The van der Waals surface area contributed by atoms with Gasteiger partial charge < -0.3 is 0 Å². The fraction of sp³-hybridized carbons (Fsp3) is 0.571. The fourth-order valence-electron chi connectivity index (χ4n) is 3.14. The minimum Gasteiger partial charge on any atom is -0.122 e. The van der Waals surface area contributed by atoms with Crippen molar-refractivity contribution in [2.75, 3.05) is 0 Å². The van der Waals surface area contributed by atoms with Gasteiger partial charge in [0.15, 0.2) is 0 Å². The van der Waals surface area contributed by atoms with Gasteiger partial charge in [-0.15, -0.1) is 11.8 Å². The Morgan fingerprint density at radius 2 is 1.80 bits per heavy atom. The van der Waals surface area contributed by atoms with Crippen LogP contribution in [0.15, 0.2) is 17.0 Å². The molecule has 0 spiro atoms. The third kappa shape index (κ3) is 1.44. The standard InChI is InChI=1S/C14H18S/c1-9-7-8-10(2)14-13(9)11-5-3-4-6-12(11)15-14/h7-8,11-12H,3-6H2,1-2H3. The molecule has 80 valence electrons. The zero-order valence-electron chi connectivity index (χ0n) is 9.55. The van der Waals surface area contributed by atoms with Crippen LogP contribution in [0.25, 0.3) is 0 Å². The zero-order chi connectivity index (χ0) is 10.4. The average Bonchev–Trinajstić information content (AvgIpc) is 2.64. The predicted octanol–water partition coefficient (Wildman–Crippen LogP) is 4.44. The van der Waals surface area contributed by atoms with Crippen molar-refractivity contribution in [3.63, 3.8) is 0 Å². The summed E-state index contributed by atoms with van der Waals surface area (Å²) in [6.07, 6.45) is 5.74. The molecule has 2 unspecified atom stereocenters. The Bertz CT molecular complexity index is 395. The molecule has 0 bridgehead atoms. The van der Waals surface area contributed by atoms with Crippen molar-refractivity contribution in [2.45, 2.75) is 55.6 Å². The highest BCUT2D eigenvalue weighted by atomic mass is 32.2. The third-order valence-electron chi connectivity index (χ3n) is 3.95. The molecule has 0 amide bonds. The second-order valence-electron chi connectivity index (χ2n) is 4.99. The van der Waals surface area contributed by atoms with Gasteiger partial charge in [0.05, 0.1) is 0 Å². The lowest BCUT2D eigenvalue weighted by molar-refractivity contribution is 0.460. The first-order valence-electron chi connectivity index (χ1n) is 6.04. The van der Waals surface area contributed by atoms with E-state index in [2.05, 4.69) is 37.7 Å². The van der Waals surface area contributed by atoms with Crippen molar-refractivity contribution >= 4 is 11.8 Å². The van der Waals surface area contributed by atoms with Gasteiger partial charge in [0, 0.05) is 10.1 Å². The summed E-state index contributed by atoms with van der Waals surface area (Å²) in [5, 5.41) is 0.897. The zero-order valence-corrected chi connectivity index (χ0v) is 10.4. The van der Waals surface area contributed by atoms with Crippen LogP contribution in [0, 0.1) is 13.8 Å². The highest BCUT2D eigenvalue weighted by Gasteiger charge is 2.36. The molecule has 1 saturated carbocycles. The lowest BCUT2D eigenvalue weighted by Crippen LogP contribution is -2.15. The van der Waals surface area contributed by atoms with E-state index in [0.29, 0.717) is 0 Å². The van der Waals surface area contributed by atoms with Crippen LogP contribution in [0.2, 0.25) is 0 Å². The summed E-state index contributed by atoms with van der Waals surface area (Å²) in [5.41, 5.74) is 4.72. The van der Waals surface area contributed by atoms with Gasteiger partial charge >= 0.3 is 0 Å². The largest absolute Gasteiger partial charge is 0.122 e. The van der Waals surface area contributed by atoms with Gasteiger partial charge in [0.25, 0.3) is 0 Å². The topological polar surface area (TPSA) is 0 Å². The van der Waals surface area contributed by atoms with Crippen molar-refractivity contribution in [1.29, 1.82) is 0 Å². The van der Waals surface area contributed by atoms with E-state index in [-0.39, 0.29) is 0 Å². The second-order valence-corrected chi connectivity index (χ2v) is 6.24. The summed E-state index contributed by atoms with van der Waals surface area (Å²) in [5.74, 6) is 0.874. The van der Waals surface area contributed by atoms with E-state index in [1.54, 1.807) is 10.5 Å². The maximum absolute atomic E-state index is 2.31. The van der Waals surface area contributed by atoms with E-state index in [0.717, 1.165) is 11.2 Å². The van der Waals surface area contributed by atoms with Crippen LogP contribution < -0.4 is 0 Å². The van der Waals surface area contributed by atoms with Crippen molar-refractivity contribution in [1.82, 2.24) is 0 Å². The maximum atomic E-state index is 2.31. The minimum absolute atomic E-state index is 0.874. The first kappa shape index (κ1) is 9.77. The van der Waals surface area contributed by atoms with E-state index < -0.39 is 0 Å². The van der Waals surface area contributed by atoms with Crippen LogP contribution >= 0.6 is 11.8 Å². The number of fused-ring (bicyclic) bond motifs is 3. The SMILES string of the molecule is Cc1ccc(C)c2c1SC1CCCCC21. The van der Waals surface area contributed by atoms with Crippen LogP contribution in [0.1, 0.15) is 48.3 Å². The van der Waals surface area contributed by atoms with Gasteiger partial charge in [0.1, 0.15) is 0 Å². The molecule has 0 radical (unpaired) electrons. The van der Waals surface area contributed by atoms with E-state index in [4.69, 9.17) is 0 Å². The number of thioether (sulfide) groups is 1. The monoisotopic (exact) mass is 218 g/mol. The molecule has 1 heterocycles. The quantitative estimate of drug-likeness (QED) is 0.620.